The first-order chi connectivity index (χ1) is 10.6. The summed E-state index contributed by atoms with van der Waals surface area (Å²) >= 11 is 0. The lowest BCUT2D eigenvalue weighted by Crippen LogP contribution is -2.08. The lowest BCUT2D eigenvalue weighted by molar-refractivity contribution is 0.0433. The normalized spacial score (nSPS) is 10.0. The Balaban J connectivity index is 2.01. The van der Waals surface area contributed by atoms with E-state index < -0.39 is 11.9 Å². The first-order valence-electron chi connectivity index (χ1n) is 6.49. The predicted octanol–water partition coefficient (Wildman–Crippen LogP) is 2.33. The van der Waals surface area contributed by atoms with E-state index in [-0.39, 0.29) is 18.8 Å². The second-order valence-corrected chi connectivity index (χ2v) is 4.32. The average molecular weight is 302 g/mol. The van der Waals surface area contributed by atoms with Gasteiger partial charge in [0.1, 0.15) is 18.1 Å². The molecule has 0 fully saturated rings. The molecule has 2 rings (SSSR count). The van der Waals surface area contributed by atoms with Gasteiger partial charge in [0.2, 0.25) is 0 Å². The molecule has 0 radical (unpaired) electrons. The molecule has 0 aromatic heterocycles. The molecule has 0 atom stereocenters. The van der Waals surface area contributed by atoms with Crippen LogP contribution in [0.4, 0.5) is 0 Å². The number of carboxylic acids is 1. The molecule has 114 valence electrons. The first kappa shape index (κ1) is 15.5. The molecule has 0 aliphatic heterocycles. The molecule has 22 heavy (non-hydrogen) atoms. The third kappa shape index (κ3) is 4.07. The van der Waals surface area contributed by atoms with Crippen molar-refractivity contribution in [1.82, 2.24) is 0 Å². The molecule has 0 aliphatic carbocycles. The van der Waals surface area contributed by atoms with Gasteiger partial charge in [0, 0.05) is 0 Å². The number of aliphatic hydroxyl groups excluding tert-OH is 1. The Morgan fingerprint density at radius 1 is 0.864 bits per heavy atom. The Labute approximate surface area is 126 Å². The van der Waals surface area contributed by atoms with Crippen LogP contribution in [0.15, 0.2) is 48.5 Å². The minimum atomic E-state index is -1.00. The Hall–Kier alpha value is -2.86. The summed E-state index contributed by atoms with van der Waals surface area (Å²) in [5.41, 5.74) is 0.524. The Bertz CT molecular complexity index is 645. The van der Waals surface area contributed by atoms with Crippen LogP contribution in [0.25, 0.3) is 0 Å². The summed E-state index contributed by atoms with van der Waals surface area (Å²) < 4.78 is 10.3. The van der Waals surface area contributed by atoms with Crippen molar-refractivity contribution in [2.24, 2.45) is 0 Å². The molecular weight excluding hydrogens is 288 g/mol. The maximum Gasteiger partial charge on any atom is 0.338 e. The molecule has 0 spiro atoms. The van der Waals surface area contributed by atoms with Crippen LogP contribution in [0.3, 0.4) is 0 Å². The van der Waals surface area contributed by atoms with Gasteiger partial charge in [-0.1, -0.05) is 0 Å². The number of aromatic carboxylic acids is 1. The minimum Gasteiger partial charge on any atom is -0.478 e. The summed E-state index contributed by atoms with van der Waals surface area (Å²) in [7, 11) is 0. The van der Waals surface area contributed by atoms with Gasteiger partial charge in [0.05, 0.1) is 17.7 Å². The van der Waals surface area contributed by atoms with Crippen LogP contribution < -0.4 is 4.74 Å². The lowest BCUT2D eigenvalue weighted by atomic mass is 10.2. The molecule has 6 heteroatoms. The largest absolute Gasteiger partial charge is 0.478 e. The number of carbonyl (C=O) groups is 2. The number of carboxylic acid groups (broad SMARTS) is 1. The van der Waals surface area contributed by atoms with Crippen molar-refractivity contribution >= 4 is 11.9 Å². The molecule has 6 nitrogen and oxygen atoms in total. The van der Waals surface area contributed by atoms with E-state index in [9.17, 15) is 9.59 Å². The minimum absolute atomic E-state index is 0.0486. The van der Waals surface area contributed by atoms with Gasteiger partial charge in [0.25, 0.3) is 0 Å². The molecule has 0 bridgehead atoms. The second kappa shape index (κ2) is 7.24. The van der Waals surface area contributed by atoms with Gasteiger partial charge < -0.3 is 19.7 Å². The first-order valence-corrected chi connectivity index (χ1v) is 6.49. The summed E-state index contributed by atoms with van der Waals surface area (Å²) in [6, 6.07) is 12.3. The van der Waals surface area contributed by atoms with E-state index in [1.807, 2.05) is 0 Å². The van der Waals surface area contributed by atoms with E-state index in [1.165, 1.54) is 12.1 Å². The number of ether oxygens (including phenoxy) is 2. The third-order valence-electron chi connectivity index (χ3n) is 2.75. The second-order valence-electron chi connectivity index (χ2n) is 4.32. The fraction of sp³-hybridized carbons (Fsp3) is 0.125. The Kier molecular flexibility index (Phi) is 5.11. The molecule has 2 aromatic rings. The van der Waals surface area contributed by atoms with E-state index in [4.69, 9.17) is 19.7 Å². The smallest absolute Gasteiger partial charge is 0.338 e. The van der Waals surface area contributed by atoms with Crippen molar-refractivity contribution in [3.05, 3.63) is 59.7 Å². The van der Waals surface area contributed by atoms with E-state index >= 15 is 0 Å². The predicted molar refractivity (Wildman–Crippen MR) is 77.3 cm³/mol. The number of esters is 1. The van der Waals surface area contributed by atoms with Gasteiger partial charge in [-0.05, 0) is 48.5 Å². The fourth-order valence-electron chi connectivity index (χ4n) is 1.68. The van der Waals surface area contributed by atoms with Gasteiger partial charge in [-0.3, -0.25) is 0 Å². The van der Waals surface area contributed by atoms with Crippen molar-refractivity contribution in [2.75, 3.05) is 13.2 Å². The van der Waals surface area contributed by atoms with Crippen LogP contribution in [0, 0.1) is 0 Å². The standard InChI is InChI=1S/C16H14O6/c17-9-10-21-16(20)12-3-7-14(8-4-12)22-13-5-1-11(2-6-13)15(18)19/h1-8,17H,9-10H2,(H,18,19). The number of hydrogen-bond donors (Lipinski definition) is 2. The number of aliphatic hydroxyl groups is 1. The van der Waals surface area contributed by atoms with E-state index in [2.05, 4.69) is 0 Å². The zero-order chi connectivity index (χ0) is 15.9. The highest BCUT2D eigenvalue weighted by atomic mass is 16.5. The van der Waals surface area contributed by atoms with E-state index in [0.29, 0.717) is 17.1 Å². The summed E-state index contributed by atoms with van der Waals surface area (Å²) in [4.78, 5) is 22.3. The quantitative estimate of drug-likeness (QED) is 0.795. The van der Waals surface area contributed by atoms with Gasteiger partial charge in [-0.25, -0.2) is 9.59 Å². The van der Waals surface area contributed by atoms with E-state index in [0.717, 1.165) is 0 Å². The van der Waals surface area contributed by atoms with Crippen LogP contribution in [-0.4, -0.2) is 35.4 Å². The third-order valence-corrected chi connectivity index (χ3v) is 2.75. The topological polar surface area (TPSA) is 93.1 Å². The fourth-order valence-corrected chi connectivity index (χ4v) is 1.68. The van der Waals surface area contributed by atoms with Crippen molar-refractivity contribution in [3.63, 3.8) is 0 Å². The van der Waals surface area contributed by atoms with Gasteiger partial charge >= 0.3 is 11.9 Å². The number of hydrogen-bond acceptors (Lipinski definition) is 5. The SMILES string of the molecule is O=C(O)c1ccc(Oc2ccc(C(=O)OCCO)cc2)cc1. The molecular formula is C16H14O6. The number of benzene rings is 2. The highest BCUT2D eigenvalue weighted by Crippen LogP contribution is 2.22. The van der Waals surface area contributed by atoms with Crippen molar-refractivity contribution < 1.29 is 29.3 Å². The van der Waals surface area contributed by atoms with Gasteiger partial charge in [-0.2, -0.15) is 0 Å². The van der Waals surface area contributed by atoms with Crippen molar-refractivity contribution in [2.45, 2.75) is 0 Å². The zero-order valence-electron chi connectivity index (χ0n) is 11.6. The summed E-state index contributed by atoms with van der Waals surface area (Å²) in [5.74, 6) is -0.536. The molecule has 0 saturated heterocycles. The lowest BCUT2D eigenvalue weighted by Gasteiger charge is -2.07. The van der Waals surface area contributed by atoms with Crippen molar-refractivity contribution in [1.29, 1.82) is 0 Å². The van der Waals surface area contributed by atoms with Gasteiger partial charge in [-0.15, -0.1) is 0 Å². The van der Waals surface area contributed by atoms with Crippen LogP contribution in [0.1, 0.15) is 20.7 Å². The highest BCUT2D eigenvalue weighted by molar-refractivity contribution is 5.89. The molecule has 0 amide bonds. The van der Waals surface area contributed by atoms with Crippen LogP contribution in [-0.2, 0) is 4.74 Å². The molecule has 0 unspecified atom stereocenters. The summed E-state index contributed by atoms with van der Waals surface area (Å²) in [6.07, 6.45) is 0. The molecule has 2 N–H and O–H groups in total. The van der Waals surface area contributed by atoms with Crippen molar-refractivity contribution in [3.8, 4) is 11.5 Å². The van der Waals surface area contributed by atoms with E-state index in [1.54, 1.807) is 36.4 Å². The summed E-state index contributed by atoms with van der Waals surface area (Å²) in [6.45, 7) is -0.272. The highest BCUT2D eigenvalue weighted by Gasteiger charge is 2.07. The molecule has 2 aromatic carbocycles. The van der Waals surface area contributed by atoms with Crippen LogP contribution in [0.5, 0.6) is 11.5 Å². The van der Waals surface area contributed by atoms with Gasteiger partial charge in [0.15, 0.2) is 0 Å². The number of carbonyl (C=O) groups excluding carboxylic acids is 1. The molecule has 0 heterocycles. The molecule has 0 saturated carbocycles. The Morgan fingerprint density at radius 3 is 1.82 bits per heavy atom. The zero-order valence-corrected chi connectivity index (χ0v) is 11.6. The monoisotopic (exact) mass is 302 g/mol. The average Bonchev–Trinajstić information content (AvgIpc) is 2.54. The Morgan fingerprint density at radius 2 is 1.36 bits per heavy atom. The maximum absolute atomic E-state index is 11.5. The summed E-state index contributed by atoms with van der Waals surface area (Å²) in [5, 5.41) is 17.4. The van der Waals surface area contributed by atoms with Crippen LogP contribution >= 0.6 is 0 Å². The maximum atomic E-state index is 11.5. The molecule has 0 aliphatic rings. The van der Waals surface area contributed by atoms with Crippen LogP contribution in [0.2, 0.25) is 0 Å². The number of rotatable bonds is 6.